The van der Waals surface area contributed by atoms with Gasteiger partial charge in [0.1, 0.15) is 4.47 Å². The van der Waals surface area contributed by atoms with Crippen LogP contribution in [-0.2, 0) is 0 Å². The Bertz CT molecular complexity index is 537. The second kappa shape index (κ2) is 3.86. The minimum atomic E-state index is -0.388. The van der Waals surface area contributed by atoms with Crippen molar-refractivity contribution in [3.8, 4) is 11.4 Å². The number of aromatic nitrogens is 2. The van der Waals surface area contributed by atoms with E-state index in [0.717, 1.165) is 0 Å². The molecule has 2 rings (SSSR count). The van der Waals surface area contributed by atoms with Gasteiger partial charge in [0.25, 0.3) is 5.56 Å². The van der Waals surface area contributed by atoms with Crippen molar-refractivity contribution in [2.75, 3.05) is 0 Å². The van der Waals surface area contributed by atoms with Crippen LogP contribution in [-0.4, -0.2) is 14.9 Å². The van der Waals surface area contributed by atoms with E-state index in [9.17, 15) is 9.90 Å². The summed E-state index contributed by atoms with van der Waals surface area (Å²) < 4.78 is 1.32. The molecule has 0 saturated heterocycles. The first kappa shape index (κ1) is 9.92. The Kier molecular flexibility index (Phi) is 2.55. The third-order valence-corrected chi connectivity index (χ3v) is 2.65. The molecule has 1 heterocycles. The SMILES string of the molecule is O=c1c(Br)c(O)cnn1-c1ccccc1. The number of nitrogens with zero attached hydrogens (tertiary/aromatic N) is 2. The van der Waals surface area contributed by atoms with Crippen molar-refractivity contribution in [3.05, 3.63) is 51.4 Å². The van der Waals surface area contributed by atoms with Gasteiger partial charge in [-0.3, -0.25) is 4.79 Å². The van der Waals surface area contributed by atoms with E-state index in [2.05, 4.69) is 21.0 Å². The zero-order chi connectivity index (χ0) is 10.8. The van der Waals surface area contributed by atoms with Gasteiger partial charge in [0.05, 0.1) is 11.9 Å². The van der Waals surface area contributed by atoms with Crippen LogP contribution in [0.25, 0.3) is 5.69 Å². The molecule has 1 N–H and O–H groups in total. The molecule has 0 radical (unpaired) electrons. The summed E-state index contributed by atoms with van der Waals surface area (Å²) >= 11 is 3.00. The van der Waals surface area contributed by atoms with Crippen LogP contribution in [0, 0.1) is 0 Å². The lowest BCUT2D eigenvalue weighted by Gasteiger charge is -2.04. The van der Waals surface area contributed by atoms with Crippen LogP contribution in [0.15, 0.2) is 45.8 Å². The fourth-order valence-corrected chi connectivity index (χ4v) is 1.45. The van der Waals surface area contributed by atoms with E-state index in [4.69, 9.17) is 0 Å². The summed E-state index contributed by atoms with van der Waals surface area (Å²) in [7, 11) is 0. The summed E-state index contributed by atoms with van der Waals surface area (Å²) in [6, 6.07) is 8.99. The Morgan fingerprint density at radius 1 is 1.27 bits per heavy atom. The number of para-hydroxylation sites is 1. The lowest BCUT2D eigenvalue weighted by Crippen LogP contribution is -2.21. The summed E-state index contributed by atoms with van der Waals surface area (Å²) in [5.41, 5.74) is 0.268. The molecule has 1 aromatic carbocycles. The van der Waals surface area contributed by atoms with Gasteiger partial charge in [-0.1, -0.05) is 18.2 Å². The average Bonchev–Trinajstić information content (AvgIpc) is 2.27. The summed E-state index contributed by atoms with van der Waals surface area (Å²) in [5, 5.41) is 13.1. The first-order valence-corrected chi connectivity index (χ1v) is 5.01. The van der Waals surface area contributed by atoms with E-state index in [1.165, 1.54) is 10.9 Å². The van der Waals surface area contributed by atoms with Gasteiger partial charge < -0.3 is 5.11 Å². The largest absolute Gasteiger partial charge is 0.505 e. The van der Waals surface area contributed by atoms with Crippen LogP contribution in [0.4, 0.5) is 0 Å². The molecule has 0 aliphatic heterocycles. The van der Waals surface area contributed by atoms with Crippen LogP contribution in [0.5, 0.6) is 5.75 Å². The molecular weight excluding hydrogens is 260 g/mol. The van der Waals surface area contributed by atoms with Crippen LogP contribution >= 0.6 is 15.9 Å². The number of rotatable bonds is 1. The van der Waals surface area contributed by atoms with Gasteiger partial charge in [0.2, 0.25) is 0 Å². The van der Waals surface area contributed by atoms with Gasteiger partial charge in [-0.2, -0.15) is 9.78 Å². The minimum Gasteiger partial charge on any atom is -0.505 e. The normalized spacial score (nSPS) is 10.2. The van der Waals surface area contributed by atoms with Gasteiger partial charge in [-0.15, -0.1) is 0 Å². The quantitative estimate of drug-likeness (QED) is 0.855. The fraction of sp³-hybridized carbons (Fsp3) is 0. The average molecular weight is 267 g/mol. The molecule has 0 unspecified atom stereocenters. The van der Waals surface area contributed by atoms with E-state index in [1.54, 1.807) is 12.1 Å². The van der Waals surface area contributed by atoms with Crippen molar-refractivity contribution in [2.24, 2.45) is 0 Å². The molecule has 0 saturated carbocycles. The molecule has 2 aromatic rings. The van der Waals surface area contributed by atoms with Crippen molar-refractivity contribution in [1.29, 1.82) is 0 Å². The number of hydrogen-bond donors (Lipinski definition) is 1. The molecule has 0 fully saturated rings. The maximum atomic E-state index is 11.7. The van der Waals surface area contributed by atoms with Crippen molar-refractivity contribution in [2.45, 2.75) is 0 Å². The van der Waals surface area contributed by atoms with Crippen LogP contribution < -0.4 is 5.56 Å². The maximum absolute atomic E-state index is 11.7. The molecule has 0 spiro atoms. The lowest BCUT2D eigenvalue weighted by atomic mass is 10.3. The predicted molar refractivity (Wildman–Crippen MR) is 59.2 cm³/mol. The van der Waals surface area contributed by atoms with E-state index < -0.39 is 0 Å². The van der Waals surface area contributed by atoms with Crippen molar-refractivity contribution >= 4 is 15.9 Å². The van der Waals surface area contributed by atoms with Gasteiger partial charge >= 0.3 is 0 Å². The second-order valence-corrected chi connectivity index (χ2v) is 3.69. The molecule has 0 amide bonds. The topological polar surface area (TPSA) is 55.1 Å². The number of halogens is 1. The smallest absolute Gasteiger partial charge is 0.289 e. The summed E-state index contributed by atoms with van der Waals surface area (Å²) in [4.78, 5) is 11.7. The first-order valence-electron chi connectivity index (χ1n) is 4.22. The van der Waals surface area contributed by atoms with E-state index in [-0.39, 0.29) is 15.8 Å². The Morgan fingerprint density at radius 3 is 2.60 bits per heavy atom. The zero-order valence-corrected chi connectivity index (χ0v) is 9.18. The van der Waals surface area contributed by atoms with E-state index >= 15 is 0 Å². The van der Waals surface area contributed by atoms with Gasteiger partial charge in [-0.05, 0) is 28.1 Å². The van der Waals surface area contributed by atoms with Gasteiger partial charge in [0.15, 0.2) is 5.75 Å². The number of benzene rings is 1. The fourth-order valence-electron chi connectivity index (χ4n) is 1.18. The molecule has 0 atom stereocenters. The Balaban J connectivity index is 2.66. The minimum absolute atomic E-state index is 0.112. The van der Waals surface area contributed by atoms with Crippen molar-refractivity contribution < 1.29 is 5.11 Å². The van der Waals surface area contributed by atoms with Gasteiger partial charge in [0, 0.05) is 0 Å². The molecule has 0 aliphatic carbocycles. The Morgan fingerprint density at radius 2 is 1.93 bits per heavy atom. The Hall–Kier alpha value is -1.62. The molecular formula is C10H7BrN2O2. The maximum Gasteiger partial charge on any atom is 0.289 e. The zero-order valence-electron chi connectivity index (χ0n) is 7.59. The highest BCUT2D eigenvalue weighted by molar-refractivity contribution is 9.10. The number of hydrogen-bond acceptors (Lipinski definition) is 3. The highest BCUT2D eigenvalue weighted by atomic mass is 79.9. The molecule has 0 aliphatic rings. The van der Waals surface area contributed by atoms with Crippen LogP contribution in [0.2, 0.25) is 0 Å². The van der Waals surface area contributed by atoms with Gasteiger partial charge in [-0.25, -0.2) is 0 Å². The predicted octanol–water partition coefficient (Wildman–Crippen LogP) is 1.70. The molecule has 76 valence electrons. The molecule has 15 heavy (non-hydrogen) atoms. The van der Waals surface area contributed by atoms with Crippen LogP contribution in [0.3, 0.4) is 0 Å². The third-order valence-electron chi connectivity index (χ3n) is 1.90. The van der Waals surface area contributed by atoms with E-state index in [0.29, 0.717) is 5.69 Å². The summed E-state index contributed by atoms with van der Waals surface area (Å²) in [5.74, 6) is -0.160. The van der Waals surface area contributed by atoms with E-state index in [1.807, 2.05) is 18.2 Å². The highest BCUT2D eigenvalue weighted by Crippen LogP contribution is 2.17. The second-order valence-electron chi connectivity index (χ2n) is 2.90. The standard InChI is InChI=1S/C10H7BrN2O2/c11-9-8(14)6-12-13(10(9)15)7-4-2-1-3-5-7/h1-6,14H. The molecule has 0 bridgehead atoms. The Labute approximate surface area is 93.9 Å². The third kappa shape index (κ3) is 1.78. The first-order chi connectivity index (χ1) is 7.20. The van der Waals surface area contributed by atoms with Crippen molar-refractivity contribution in [3.63, 3.8) is 0 Å². The number of aromatic hydroxyl groups is 1. The molecule has 5 heteroatoms. The summed E-state index contributed by atoms with van der Waals surface area (Å²) in [6.07, 6.45) is 1.22. The molecule has 1 aromatic heterocycles. The van der Waals surface area contributed by atoms with Crippen LogP contribution in [0.1, 0.15) is 0 Å². The molecule has 4 nitrogen and oxygen atoms in total. The monoisotopic (exact) mass is 266 g/mol. The summed E-state index contributed by atoms with van der Waals surface area (Å²) in [6.45, 7) is 0. The van der Waals surface area contributed by atoms with Crippen molar-refractivity contribution in [1.82, 2.24) is 9.78 Å². The lowest BCUT2D eigenvalue weighted by molar-refractivity contribution is 0.463. The highest BCUT2D eigenvalue weighted by Gasteiger charge is 2.08.